The number of hydrogen-bond acceptors (Lipinski definition) is 8. The molecule has 1 saturated heterocycles. The molecule has 8 nitrogen and oxygen atoms in total. The molecule has 0 radical (unpaired) electrons. The number of morpholine rings is 1. The first-order valence-electron chi connectivity index (χ1n) is 7.70. The van der Waals surface area contributed by atoms with Gasteiger partial charge in [-0.05, 0) is 12.1 Å². The molecule has 1 aromatic heterocycles. The van der Waals surface area contributed by atoms with E-state index in [0.29, 0.717) is 30.4 Å². The Hall–Kier alpha value is -2.71. The number of ether oxygens (including phenoxy) is 1. The van der Waals surface area contributed by atoms with Crippen molar-refractivity contribution < 1.29 is 19.4 Å². The van der Waals surface area contributed by atoms with Gasteiger partial charge >= 0.3 is 0 Å². The van der Waals surface area contributed by atoms with E-state index in [-0.39, 0.29) is 23.6 Å². The molecule has 1 aromatic carbocycles. The van der Waals surface area contributed by atoms with Gasteiger partial charge in [-0.15, -0.1) is 0 Å². The first-order chi connectivity index (χ1) is 11.6. The van der Waals surface area contributed by atoms with Gasteiger partial charge in [0.25, 0.3) is 6.01 Å². The summed E-state index contributed by atoms with van der Waals surface area (Å²) in [7, 11) is 0. The van der Waals surface area contributed by atoms with Crippen LogP contribution in [0.4, 0.5) is 11.7 Å². The number of nitrogens with zero attached hydrogens (tertiary/aromatic N) is 2. The van der Waals surface area contributed by atoms with E-state index in [0.717, 1.165) is 18.7 Å². The summed E-state index contributed by atoms with van der Waals surface area (Å²) in [5, 5.41) is 23.2. The first-order valence-corrected chi connectivity index (χ1v) is 7.70. The van der Waals surface area contributed by atoms with Crippen LogP contribution in [0.2, 0.25) is 0 Å². The fourth-order valence-corrected chi connectivity index (χ4v) is 3.11. The standard InChI is InChI=1S/C16H18N4O4/c17-16-18-8-13(24-16)10-7-11(20-3-5-23-6-4-20)9-1-2-12(21)15(22)14(9)19-10/h1-2,7-8,11,19,21-22H,3-6H2,(H2,17,18). The number of nitrogen functional groups attached to an aromatic ring is 1. The van der Waals surface area contributed by atoms with E-state index in [4.69, 9.17) is 14.9 Å². The van der Waals surface area contributed by atoms with E-state index in [9.17, 15) is 10.2 Å². The average Bonchev–Trinajstić information content (AvgIpc) is 3.05. The smallest absolute Gasteiger partial charge is 0.292 e. The number of phenolic OH excluding ortho intramolecular Hbond substituents is 2. The zero-order chi connectivity index (χ0) is 16.7. The van der Waals surface area contributed by atoms with Gasteiger partial charge in [-0.1, -0.05) is 6.07 Å². The third-order valence-corrected chi connectivity index (χ3v) is 4.32. The second-order valence-corrected chi connectivity index (χ2v) is 5.76. The summed E-state index contributed by atoms with van der Waals surface area (Å²) < 4.78 is 10.8. The molecule has 2 aliphatic rings. The van der Waals surface area contributed by atoms with Crippen LogP contribution in [0.25, 0.3) is 5.70 Å². The van der Waals surface area contributed by atoms with E-state index < -0.39 is 0 Å². The first kappa shape index (κ1) is 14.9. The summed E-state index contributed by atoms with van der Waals surface area (Å²) in [5.41, 5.74) is 7.54. The fraction of sp³-hybridized carbons (Fsp3) is 0.312. The van der Waals surface area contributed by atoms with Crippen LogP contribution in [-0.2, 0) is 4.74 Å². The Morgan fingerprint density at radius 3 is 2.75 bits per heavy atom. The lowest BCUT2D eigenvalue weighted by molar-refractivity contribution is 0.0253. The lowest BCUT2D eigenvalue weighted by atomic mass is 9.96. The van der Waals surface area contributed by atoms with Crippen molar-refractivity contribution in [1.82, 2.24) is 9.88 Å². The molecule has 126 valence electrons. The quantitative estimate of drug-likeness (QED) is 0.612. The maximum Gasteiger partial charge on any atom is 0.292 e. The Morgan fingerprint density at radius 2 is 2.04 bits per heavy atom. The number of nitrogens with one attached hydrogen (secondary N) is 1. The van der Waals surface area contributed by atoms with Gasteiger partial charge in [-0.2, -0.15) is 0 Å². The van der Waals surface area contributed by atoms with Crippen LogP contribution in [0, 0.1) is 0 Å². The molecule has 3 heterocycles. The summed E-state index contributed by atoms with van der Waals surface area (Å²) in [6.07, 6.45) is 3.53. The summed E-state index contributed by atoms with van der Waals surface area (Å²) in [4.78, 5) is 6.16. The van der Waals surface area contributed by atoms with Crippen molar-refractivity contribution >= 4 is 17.4 Å². The van der Waals surface area contributed by atoms with Gasteiger partial charge in [-0.3, -0.25) is 4.90 Å². The van der Waals surface area contributed by atoms with Crippen molar-refractivity contribution in [2.45, 2.75) is 6.04 Å². The summed E-state index contributed by atoms with van der Waals surface area (Å²) in [5.74, 6) is 0.100. The Kier molecular flexibility index (Phi) is 3.55. The zero-order valence-corrected chi connectivity index (χ0v) is 12.9. The maximum absolute atomic E-state index is 10.3. The highest BCUT2D eigenvalue weighted by Gasteiger charge is 2.30. The van der Waals surface area contributed by atoms with Crippen LogP contribution in [0.5, 0.6) is 11.5 Å². The topological polar surface area (TPSA) is 117 Å². The predicted octanol–water partition coefficient (Wildman–Crippen LogP) is 1.51. The van der Waals surface area contributed by atoms with Crippen molar-refractivity contribution in [3.05, 3.63) is 35.7 Å². The van der Waals surface area contributed by atoms with Crippen molar-refractivity contribution in [1.29, 1.82) is 0 Å². The molecule has 24 heavy (non-hydrogen) atoms. The molecule has 0 bridgehead atoms. The summed E-state index contributed by atoms with van der Waals surface area (Å²) in [6.45, 7) is 2.85. The van der Waals surface area contributed by atoms with Crippen LogP contribution in [0.3, 0.4) is 0 Å². The molecule has 0 amide bonds. The van der Waals surface area contributed by atoms with Gasteiger partial charge in [0, 0.05) is 18.7 Å². The molecule has 2 aromatic rings. The normalized spacial score (nSPS) is 21.0. The van der Waals surface area contributed by atoms with E-state index in [1.165, 1.54) is 12.3 Å². The minimum Gasteiger partial charge on any atom is -0.504 e. The molecule has 2 aliphatic heterocycles. The average molecular weight is 330 g/mol. The molecule has 0 saturated carbocycles. The molecule has 0 aliphatic carbocycles. The third kappa shape index (κ3) is 2.45. The number of aromatic hydroxyl groups is 2. The SMILES string of the molecule is Nc1ncc(C2=CC(N3CCOCC3)c3ccc(O)c(O)c3N2)o1. The summed E-state index contributed by atoms with van der Waals surface area (Å²) >= 11 is 0. The van der Waals surface area contributed by atoms with E-state index in [1.807, 2.05) is 6.08 Å². The molecule has 1 unspecified atom stereocenters. The number of aromatic nitrogens is 1. The molecule has 8 heteroatoms. The number of nitrogens with two attached hydrogens (primary N) is 1. The van der Waals surface area contributed by atoms with Crippen molar-refractivity contribution in [3.8, 4) is 11.5 Å². The van der Waals surface area contributed by atoms with Crippen LogP contribution in [0.15, 0.2) is 28.8 Å². The van der Waals surface area contributed by atoms with Gasteiger partial charge in [0.1, 0.15) is 0 Å². The molecule has 1 atom stereocenters. The van der Waals surface area contributed by atoms with Crippen molar-refractivity contribution in [3.63, 3.8) is 0 Å². The Labute approximate surface area is 138 Å². The number of oxazole rings is 1. The number of phenols is 2. The third-order valence-electron chi connectivity index (χ3n) is 4.32. The van der Waals surface area contributed by atoms with Crippen LogP contribution < -0.4 is 11.1 Å². The zero-order valence-electron chi connectivity index (χ0n) is 12.9. The number of hydrogen-bond donors (Lipinski definition) is 4. The number of benzene rings is 1. The molecule has 1 fully saturated rings. The van der Waals surface area contributed by atoms with Gasteiger partial charge in [0.05, 0.1) is 36.8 Å². The highest BCUT2D eigenvalue weighted by molar-refractivity contribution is 5.84. The van der Waals surface area contributed by atoms with Gasteiger partial charge in [0.15, 0.2) is 17.3 Å². The molecule has 5 N–H and O–H groups in total. The Bertz CT molecular complexity index is 795. The molecular formula is C16H18N4O4. The maximum atomic E-state index is 10.3. The Morgan fingerprint density at radius 1 is 1.25 bits per heavy atom. The fourth-order valence-electron chi connectivity index (χ4n) is 3.11. The van der Waals surface area contributed by atoms with E-state index in [1.54, 1.807) is 6.07 Å². The second kappa shape index (κ2) is 5.73. The van der Waals surface area contributed by atoms with Crippen molar-refractivity contribution in [2.24, 2.45) is 0 Å². The van der Waals surface area contributed by atoms with Crippen LogP contribution >= 0.6 is 0 Å². The van der Waals surface area contributed by atoms with E-state index >= 15 is 0 Å². The number of rotatable bonds is 2. The second-order valence-electron chi connectivity index (χ2n) is 5.76. The minimum atomic E-state index is -0.191. The predicted molar refractivity (Wildman–Crippen MR) is 87.4 cm³/mol. The van der Waals surface area contributed by atoms with Gasteiger partial charge in [-0.25, -0.2) is 4.98 Å². The number of fused-ring (bicyclic) bond motifs is 1. The highest BCUT2D eigenvalue weighted by atomic mass is 16.5. The van der Waals surface area contributed by atoms with E-state index in [2.05, 4.69) is 15.2 Å². The van der Waals surface area contributed by atoms with Crippen molar-refractivity contribution in [2.75, 3.05) is 37.4 Å². The lowest BCUT2D eigenvalue weighted by Gasteiger charge is -2.36. The molecule has 0 spiro atoms. The van der Waals surface area contributed by atoms with Gasteiger partial charge in [0.2, 0.25) is 0 Å². The Balaban J connectivity index is 1.80. The minimum absolute atomic E-state index is 0.0709. The lowest BCUT2D eigenvalue weighted by Crippen LogP contribution is -2.39. The van der Waals surface area contributed by atoms with Crippen LogP contribution in [0.1, 0.15) is 17.4 Å². The largest absolute Gasteiger partial charge is 0.504 e. The monoisotopic (exact) mass is 330 g/mol. The van der Waals surface area contributed by atoms with Gasteiger partial charge < -0.3 is 30.4 Å². The molecular weight excluding hydrogens is 312 g/mol. The molecule has 4 rings (SSSR count). The number of anilines is 2. The highest BCUT2D eigenvalue weighted by Crippen LogP contribution is 2.45. The summed E-state index contributed by atoms with van der Waals surface area (Å²) in [6, 6.07) is 3.29. The van der Waals surface area contributed by atoms with Crippen LogP contribution in [-0.4, -0.2) is 46.4 Å².